The van der Waals surface area contributed by atoms with E-state index in [-0.39, 0.29) is 40.2 Å². The van der Waals surface area contributed by atoms with Gasteiger partial charge in [-0.25, -0.2) is 0 Å². The van der Waals surface area contributed by atoms with Crippen molar-refractivity contribution in [2.45, 2.75) is 54.4 Å². The summed E-state index contributed by atoms with van der Waals surface area (Å²) in [5, 5.41) is 17.7. The van der Waals surface area contributed by atoms with Crippen LogP contribution >= 0.6 is 0 Å². The van der Waals surface area contributed by atoms with Gasteiger partial charge in [0.1, 0.15) is 0 Å². The van der Waals surface area contributed by atoms with Crippen LogP contribution in [0.15, 0.2) is 22.7 Å². The van der Waals surface area contributed by atoms with Crippen LogP contribution in [0, 0.1) is 0 Å². The van der Waals surface area contributed by atoms with Crippen molar-refractivity contribution in [2.75, 3.05) is 0 Å². The van der Waals surface area contributed by atoms with Crippen LogP contribution in [0.25, 0.3) is 0 Å². The maximum absolute atomic E-state index is 10.6. The van der Waals surface area contributed by atoms with Crippen LogP contribution in [-0.2, 0) is 26.7 Å². The quantitative estimate of drug-likeness (QED) is 0.471. The minimum atomic E-state index is -0.0440. The van der Waals surface area contributed by atoms with Gasteiger partial charge < -0.3 is 10.2 Å². The molecule has 0 aromatic carbocycles. The third-order valence-electron chi connectivity index (χ3n) is 2.43. The second-order valence-corrected chi connectivity index (χ2v) is 3.95. The van der Waals surface area contributed by atoms with Gasteiger partial charge in [0, 0.05) is 28.2 Å². The molecule has 0 amide bonds. The Kier molecular flexibility index (Phi) is 14.6. The maximum Gasteiger partial charge on any atom is 0.159 e. The molecular weight excluding hydrogens is 296 g/mol. The molecule has 0 spiro atoms. The molecule has 0 atom stereocenters. The van der Waals surface area contributed by atoms with Crippen LogP contribution in [0.4, 0.5) is 0 Å². The summed E-state index contributed by atoms with van der Waals surface area (Å²) < 4.78 is 0. The Morgan fingerprint density at radius 2 is 0.947 bits per heavy atom. The number of Topliss-reactive ketones (excluding diaryl/α,β-unsaturated/α-hetero) is 2. The van der Waals surface area contributed by atoms with Crippen molar-refractivity contribution in [1.29, 1.82) is 0 Å². The van der Waals surface area contributed by atoms with E-state index >= 15 is 0 Å². The van der Waals surface area contributed by atoms with E-state index in [0.717, 1.165) is 0 Å². The molecule has 0 aliphatic carbocycles. The van der Waals surface area contributed by atoms with Crippen LogP contribution in [-0.4, -0.2) is 21.8 Å². The van der Waals surface area contributed by atoms with Gasteiger partial charge in [-0.05, 0) is 40.5 Å². The zero-order valence-electron chi connectivity index (χ0n) is 12.4. The summed E-state index contributed by atoms with van der Waals surface area (Å²) in [6.45, 7) is 9.66. The number of hydrogen-bond donors (Lipinski definition) is 2. The van der Waals surface area contributed by atoms with Gasteiger partial charge in [0.25, 0.3) is 0 Å². The third kappa shape index (κ3) is 10.5. The Hall–Kier alpha value is -1.06. The molecule has 0 saturated heterocycles. The molecule has 0 aromatic heterocycles. The summed E-state index contributed by atoms with van der Waals surface area (Å²) in [5.41, 5.74) is 1.05. The molecule has 0 fully saturated rings. The van der Waals surface area contributed by atoms with E-state index in [4.69, 9.17) is 10.2 Å². The minimum absolute atomic E-state index is 0. The first-order chi connectivity index (χ1) is 8.18. The van der Waals surface area contributed by atoms with Gasteiger partial charge in [-0.15, -0.1) is 0 Å². The normalized spacial score (nSPS) is 12.1. The van der Waals surface area contributed by atoms with E-state index < -0.39 is 0 Å². The molecule has 5 heteroatoms. The van der Waals surface area contributed by atoms with Crippen molar-refractivity contribution < 1.29 is 36.9 Å². The number of ketones is 2. The van der Waals surface area contributed by atoms with Crippen LogP contribution < -0.4 is 0 Å². The van der Waals surface area contributed by atoms with Crippen molar-refractivity contribution in [3.05, 3.63) is 22.7 Å². The molecule has 4 nitrogen and oxygen atoms in total. The second-order valence-electron chi connectivity index (χ2n) is 3.95. The molecule has 0 aliphatic rings. The van der Waals surface area contributed by atoms with Crippen molar-refractivity contribution in [1.82, 2.24) is 0 Å². The Morgan fingerprint density at radius 3 is 0.947 bits per heavy atom. The molecule has 0 heterocycles. The zero-order chi connectivity index (χ0) is 14.9. The van der Waals surface area contributed by atoms with Crippen molar-refractivity contribution in [3.8, 4) is 0 Å². The van der Waals surface area contributed by atoms with Gasteiger partial charge in [-0.3, -0.25) is 9.59 Å². The van der Waals surface area contributed by atoms with Gasteiger partial charge >= 0.3 is 0 Å². The van der Waals surface area contributed by atoms with E-state index in [2.05, 4.69) is 0 Å². The topological polar surface area (TPSA) is 74.6 Å². The van der Waals surface area contributed by atoms with Gasteiger partial charge in [0.05, 0.1) is 11.5 Å². The van der Waals surface area contributed by atoms with Gasteiger partial charge in [-0.2, -0.15) is 0 Å². The fourth-order valence-electron chi connectivity index (χ4n) is 1.52. The Balaban J connectivity index is -0.000000256. The monoisotopic (exact) mass is 319 g/mol. The predicted molar refractivity (Wildman–Crippen MR) is 72.6 cm³/mol. The van der Waals surface area contributed by atoms with Crippen LogP contribution in [0.2, 0.25) is 0 Å². The Labute approximate surface area is 126 Å². The van der Waals surface area contributed by atoms with Crippen LogP contribution in [0.1, 0.15) is 54.4 Å². The number of rotatable bonds is 4. The summed E-state index contributed by atoms with van der Waals surface area (Å²) in [7, 11) is 0. The SMILES string of the molecule is CC/C(C(C)=O)=C(\C)O.CC/C(C(C)=O)=C(\C)O.[Cu]. The number of carbonyl (C=O) groups excluding carboxylic acids is 2. The van der Waals surface area contributed by atoms with Crippen molar-refractivity contribution >= 4 is 11.6 Å². The van der Waals surface area contributed by atoms with E-state index in [1.165, 1.54) is 27.7 Å². The Morgan fingerprint density at radius 1 is 0.737 bits per heavy atom. The molecule has 0 unspecified atom stereocenters. The molecule has 115 valence electrons. The van der Waals surface area contributed by atoms with Gasteiger partial charge in [0.2, 0.25) is 0 Å². The molecule has 0 aliphatic heterocycles. The molecular formula is C14H24CuO4. The summed E-state index contributed by atoms with van der Waals surface area (Å²) in [6, 6.07) is 0. The molecule has 2 N–H and O–H groups in total. The number of allylic oxidation sites excluding steroid dienone is 4. The third-order valence-corrected chi connectivity index (χ3v) is 2.43. The first kappa shape index (κ1) is 23.1. The summed E-state index contributed by atoms with van der Waals surface area (Å²) in [6.07, 6.45) is 1.22. The summed E-state index contributed by atoms with van der Waals surface area (Å²) in [4.78, 5) is 21.2. The smallest absolute Gasteiger partial charge is 0.159 e. The van der Waals surface area contributed by atoms with E-state index in [1.807, 2.05) is 13.8 Å². The summed E-state index contributed by atoms with van der Waals surface area (Å²) in [5.74, 6) is 0.199. The molecule has 0 bridgehead atoms. The predicted octanol–water partition coefficient (Wildman–Crippen LogP) is 3.63. The van der Waals surface area contributed by atoms with Crippen LogP contribution in [0.5, 0.6) is 0 Å². The fourth-order valence-corrected chi connectivity index (χ4v) is 1.52. The minimum Gasteiger partial charge on any atom is -0.512 e. The first-order valence-corrected chi connectivity index (χ1v) is 5.98. The largest absolute Gasteiger partial charge is 0.512 e. The molecule has 1 radical (unpaired) electrons. The molecule has 0 aromatic rings. The average molecular weight is 320 g/mol. The Bertz CT molecular complexity index is 324. The van der Waals surface area contributed by atoms with Crippen molar-refractivity contribution in [2.24, 2.45) is 0 Å². The number of carbonyl (C=O) groups is 2. The second kappa shape index (κ2) is 12.0. The van der Waals surface area contributed by atoms with Crippen molar-refractivity contribution in [3.63, 3.8) is 0 Å². The molecule has 19 heavy (non-hydrogen) atoms. The number of hydrogen-bond acceptors (Lipinski definition) is 4. The zero-order valence-corrected chi connectivity index (χ0v) is 13.4. The fraction of sp³-hybridized carbons (Fsp3) is 0.571. The average Bonchev–Trinajstić information content (AvgIpc) is 2.17. The standard InChI is InChI=1S/2C7H12O2.Cu/c2*1-4-7(5(2)8)6(3)9;/h2*8H,4H2,1-3H3;/b2*7-5-;. The number of aliphatic hydroxyl groups is 2. The van der Waals surface area contributed by atoms with E-state index in [0.29, 0.717) is 24.0 Å². The maximum atomic E-state index is 10.6. The summed E-state index contributed by atoms with van der Waals surface area (Å²) >= 11 is 0. The van der Waals surface area contributed by atoms with Gasteiger partial charge in [-0.1, -0.05) is 13.8 Å². The number of aliphatic hydroxyl groups excluding tert-OH is 2. The van der Waals surface area contributed by atoms with E-state index in [9.17, 15) is 9.59 Å². The molecule has 0 rings (SSSR count). The first-order valence-electron chi connectivity index (χ1n) is 5.98. The van der Waals surface area contributed by atoms with E-state index in [1.54, 1.807) is 0 Å². The van der Waals surface area contributed by atoms with Crippen LogP contribution in [0.3, 0.4) is 0 Å². The molecule has 0 saturated carbocycles. The van der Waals surface area contributed by atoms with Gasteiger partial charge in [0.15, 0.2) is 11.6 Å².